The largest absolute Gasteiger partial charge is 0.487 e. The van der Waals surface area contributed by atoms with Crippen LogP contribution in [0.2, 0.25) is 0 Å². The maximum Gasteiger partial charge on any atom is 0.251 e. The highest BCUT2D eigenvalue weighted by Crippen LogP contribution is 2.15. The Morgan fingerprint density at radius 1 is 0.963 bits per heavy atom. The molecule has 0 saturated heterocycles. The molecule has 0 radical (unpaired) electrons. The van der Waals surface area contributed by atoms with Crippen molar-refractivity contribution in [2.24, 2.45) is 0 Å². The van der Waals surface area contributed by atoms with Crippen LogP contribution in [0.1, 0.15) is 27.2 Å². The molecule has 0 bridgehead atoms. The van der Waals surface area contributed by atoms with E-state index < -0.39 is 0 Å². The Balaban J connectivity index is 1.53. The molecule has 1 heterocycles. The number of carbonyl (C=O) groups excluding carboxylic acids is 1. The van der Waals surface area contributed by atoms with Gasteiger partial charge in [0.05, 0.1) is 12.3 Å². The third-order valence-electron chi connectivity index (χ3n) is 3.99. The number of rotatable bonds is 8. The first-order valence-corrected chi connectivity index (χ1v) is 8.72. The highest BCUT2D eigenvalue weighted by Gasteiger charge is 2.06. The van der Waals surface area contributed by atoms with E-state index in [2.05, 4.69) is 10.3 Å². The lowest BCUT2D eigenvalue weighted by molar-refractivity contribution is 0.0950. The number of hydrogen-bond donors (Lipinski definition) is 1. The number of ether oxygens (including phenoxy) is 2. The monoisotopic (exact) mass is 362 g/mol. The molecule has 1 N–H and O–H groups in total. The van der Waals surface area contributed by atoms with Gasteiger partial charge in [-0.3, -0.25) is 9.78 Å². The molecule has 5 heteroatoms. The predicted molar refractivity (Wildman–Crippen MR) is 103 cm³/mol. The van der Waals surface area contributed by atoms with Crippen molar-refractivity contribution in [1.82, 2.24) is 10.3 Å². The fraction of sp³-hybridized carbons (Fsp3) is 0.182. The second-order valence-electron chi connectivity index (χ2n) is 6.07. The van der Waals surface area contributed by atoms with Gasteiger partial charge in [0, 0.05) is 25.4 Å². The van der Waals surface area contributed by atoms with Gasteiger partial charge in [0.2, 0.25) is 0 Å². The van der Waals surface area contributed by atoms with Gasteiger partial charge >= 0.3 is 0 Å². The maximum absolute atomic E-state index is 12.3. The highest BCUT2D eigenvalue weighted by atomic mass is 16.5. The minimum absolute atomic E-state index is 0.112. The molecule has 1 amide bonds. The average Bonchev–Trinajstić information content (AvgIpc) is 2.72. The van der Waals surface area contributed by atoms with Gasteiger partial charge in [-0.25, -0.2) is 0 Å². The lowest BCUT2D eigenvalue weighted by Gasteiger charge is -2.09. The molecular weight excluding hydrogens is 340 g/mol. The van der Waals surface area contributed by atoms with Gasteiger partial charge in [0.25, 0.3) is 5.91 Å². The Morgan fingerprint density at radius 3 is 2.56 bits per heavy atom. The summed E-state index contributed by atoms with van der Waals surface area (Å²) in [5, 5.41) is 2.93. The summed E-state index contributed by atoms with van der Waals surface area (Å²) in [6.07, 6.45) is 1.74. The predicted octanol–water partition coefficient (Wildman–Crippen LogP) is 3.74. The molecule has 0 aliphatic heterocycles. The second-order valence-corrected chi connectivity index (χ2v) is 6.07. The van der Waals surface area contributed by atoms with Gasteiger partial charge in [-0.1, -0.05) is 30.3 Å². The van der Waals surface area contributed by atoms with Crippen molar-refractivity contribution >= 4 is 5.91 Å². The van der Waals surface area contributed by atoms with Crippen LogP contribution in [0.3, 0.4) is 0 Å². The van der Waals surface area contributed by atoms with Gasteiger partial charge in [0.1, 0.15) is 12.4 Å². The first-order chi connectivity index (χ1) is 13.2. The number of carbonyl (C=O) groups is 1. The Bertz CT molecular complexity index is 864. The summed E-state index contributed by atoms with van der Waals surface area (Å²) in [6.45, 7) is 1.37. The fourth-order valence-corrected chi connectivity index (χ4v) is 2.59. The smallest absolute Gasteiger partial charge is 0.251 e. The summed E-state index contributed by atoms with van der Waals surface area (Å²) >= 11 is 0. The van der Waals surface area contributed by atoms with Crippen LogP contribution >= 0.6 is 0 Å². The van der Waals surface area contributed by atoms with Gasteiger partial charge < -0.3 is 14.8 Å². The lowest BCUT2D eigenvalue weighted by atomic mass is 10.1. The summed E-state index contributed by atoms with van der Waals surface area (Å²) in [4.78, 5) is 16.5. The molecule has 0 spiro atoms. The standard InChI is InChI=1S/C22H22N2O3/c1-26-15-17-8-10-19(11-9-17)22(25)24-14-18-5-4-7-21(13-18)27-16-20-6-2-3-12-23-20/h2-13H,14-16H2,1H3,(H,24,25). The Morgan fingerprint density at radius 2 is 1.81 bits per heavy atom. The van der Waals surface area contributed by atoms with Gasteiger partial charge in [-0.05, 0) is 47.5 Å². The Kier molecular flexibility index (Phi) is 6.55. The number of methoxy groups -OCH3 is 1. The summed E-state index contributed by atoms with van der Waals surface area (Å²) in [5.74, 6) is 0.634. The van der Waals surface area contributed by atoms with Crippen molar-refractivity contribution in [2.75, 3.05) is 7.11 Å². The zero-order chi connectivity index (χ0) is 18.9. The minimum atomic E-state index is -0.112. The van der Waals surface area contributed by atoms with Crippen molar-refractivity contribution in [2.45, 2.75) is 19.8 Å². The van der Waals surface area contributed by atoms with E-state index in [-0.39, 0.29) is 5.91 Å². The molecule has 0 unspecified atom stereocenters. The van der Waals surface area contributed by atoms with Crippen LogP contribution in [0.15, 0.2) is 72.9 Å². The van der Waals surface area contributed by atoms with Crippen LogP contribution in [-0.2, 0) is 24.5 Å². The van der Waals surface area contributed by atoms with Crippen LogP contribution in [-0.4, -0.2) is 18.0 Å². The van der Waals surface area contributed by atoms with Gasteiger partial charge in [0.15, 0.2) is 0 Å². The van der Waals surface area contributed by atoms with Crippen LogP contribution in [0.4, 0.5) is 0 Å². The maximum atomic E-state index is 12.3. The molecular formula is C22H22N2O3. The van der Waals surface area contributed by atoms with E-state index in [1.54, 1.807) is 25.4 Å². The number of pyridine rings is 1. The Labute approximate surface area is 159 Å². The SMILES string of the molecule is COCc1ccc(C(=O)NCc2cccc(OCc3ccccn3)c2)cc1. The number of nitrogens with one attached hydrogen (secondary N) is 1. The first-order valence-electron chi connectivity index (χ1n) is 8.72. The average molecular weight is 362 g/mol. The molecule has 3 aromatic rings. The summed E-state index contributed by atoms with van der Waals surface area (Å²) in [6, 6.07) is 20.8. The number of benzene rings is 2. The van der Waals surface area contributed by atoms with Crippen molar-refractivity contribution < 1.29 is 14.3 Å². The molecule has 0 aliphatic rings. The number of hydrogen-bond acceptors (Lipinski definition) is 4. The quantitative estimate of drug-likeness (QED) is 0.663. The molecule has 1 aromatic heterocycles. The first kappa shape index (κ1) is 18.6. The van der Waals surface area contributed by atoms with Crippen LogP contribution < -0.4 is 10.1 Å². The zero-order valence-corrected chi connectivity index (χ0v) is 15.2. The molecule has 5 nitrogen and oxygen atoms in total. The topological polar surface area (TPSA) is 60.5 Å². The van der Waals surface area contributed by atoms with Crippen molar-refractivity contribution in [3.05, 3.63) is 95.3 Å². The minimum Gasteiger partial charge on any atom is -0.487 e. The van der Waals surface area contributed by atoms with E-state index in [1.165, 1.54) is 0 Å². The third-order valence-corrected chi connectivity index (χ3v) is 3.99. The molecule has 0 aliphatic carbocycles. The molecule has 0 fully saturated rings. The van der Waals surface area contributed by atoms with E-state index in [4.69, 9.17) is 9.47 Å². The van der Waals surface area contributed by atoms with E-state index in [0.717, 1.165) is 22.6 Å². The highest BCUT2D eigenvalue weighted by molar-refractivity contribution is 5.94. The van der Waals surface area contributed by atoms with Crippen molar-refractivity contribution in [3.63, 3.8) is 0 Å². The van der Waals surface area contributed by atoms with Crippen molar-refractivity contribution in [1.29, 1.82) is 0 Å². The molecule has 138 valence electrons. The number of amides is 1. The van der Waals surface area contributed by atoms with Crippen LogP contribution in [0, 0.1) is 0 Å². The molecule has 3 rings (SSSR count). The Hall–Kier alpha value is -3.18. The van der Waals surface area contributed by atoms with Gasteiger partial charge in [-0.15, -0.1) is 0 Å². The second kappa shape index (κ2) is 9.50. The normalized spacial score (nSPS) is 10.4. The summed E-state index contributed by atoms with van der Waals surface area (Å²) in [5.41, 5.74) is 3.50. The molecule has 0 saturated carbocycles. The molecule has 2 aromatic carbocycles. The summed E-state index contributed by atoms with van der Waals surface area (Å²) < 4.78 is 10.8. The van der Waals surface area contributed by atoms with E-state index in [0.29, 0.717) is 25.3 Å². The van der Waals surface area contributed by atoms with E-state index >= 15 is 0 Å². The van der Waals surface area contributed by atoms with E-state index in [1.807, 2.05) is 54.6 Å². The summed E-state index contributed by atoms with van der Waals surface area (Å²) in [7, 11) is 1.65. The lowest BCUT2D eigenvalue weighted by Crippen LogP contribution is -2.22. The van der Waals surface area contributed by atoms with Crippen molar-refractivity contribution in [3.8, 4) is 5.75 Å². The van der Waals surface area contributed by atoms with Crippen LogP contribution in [0.25, 0.3) is 0 Å². The third kappa shape index (κ3) is 5.66. The zero-order valence-electron chi connectivity index (χ0n) is 15.2. The van der Waals surface area contributed by atoms with Crippen LogP contribution in [0.5, 0.6) is 5.75 Å². The van der Waals surface area contributed by atoms with Gasteiger partial charge in [-0.2, -0.15) is 0 Å². The van der Waals surface area contributed by atoms with E-state index in [9.17, 15) is 4.79 Å². The molecule has 0 atom stereocenters. The fourth-order valence-electron chi connectivity index (χ4n) is 2.59. The number of aromatic nitrogens is 1. The number of nitrogens with zero attached hydrogens (tertiary/aromatic N) is 1. The molecule has 27 heavy (non-hydrogen) atoms.